The fraction of sp³-hybridized carbons (Fsp3) is 0.400. The van der Waals surface area contributed by atoms with Crippen molar-refractivity contribution in [3.8, 4) is 0 Å². The lowest BCUT2D eigenvalue weighted by molar-refractivity contribution is 0.371. The molecule has 15 heavy (non-hydrogen) atoms. The summed E-state index contributed by atoms with van der Waals surface area (Å²) in [5.41, 5.74) is 6.30. The Morgan fingerprint density at radius 2 is 2.07 bits per heavy atom. The molecule has 0 saturated heterocycles. The van der Waals surface area contributed by atoms with Crippen molar-refractivity contribution in [3.63, 3.8) is 0 Å². The summed E-state index contributed by atoms with van der Waals surface area (Å²) in [6, 6.07) is 0. The van der Waals surface area contributed by atoms with Crippen LogP contribution in [-0.2, 0) is 19.9 Å². The fourth-order valence-corrected chi connectivity index (χ4v) is 1.25. The number of nitrogens with one attached hydrogen (secondary N) is 1. The van der Waals surface area contributed by atoms with Crippen molar-refractivity contribution in [2.24, 2.45) is 5.73 Å². The Bertz CT molecular complexity index is 292. The van der Waals surface area contributed by atoms with Crippen LogP contribution in [0.25, 0.3) is 0 Å². The Labute approximate surface area is 87.4 Å². The highest BCUT2D eigenvalue weighted by molar-refractivity contribution is 7.46. The summed E-state index contributed by atoms with van der Waals surface area (Å²) in [4.78, 5) is 22.2. The highest BCUT2D eigenvalue weighted by atomic mass is 31.2. The lowest BCUT2D eigenvalue weighted by Crippen LogP contribution is -2.02. The second-order valence-electron chi connectivity index (χ2n) is 2.23. The highest BCUT2D eigenvalue weighted by Crippen LogP contribution is 2.30. The smallest absolute Gasteiger partial charge is 0.323 e. The molecule has 1 aromatic heterocycles. The summed E-state index contributed by atoms with van der Waals surface area (Å²) >= 11 is 0. The SMILES string of the molecule is NCCc1c[nH]cn1.O=[PH](O)O[PH](=O)O. The van der Waals surface area contributed by atoms with Gasteiger partial charge in [-0.15, -0.1) is 0 Å². The van der Waals surface area contributed by atoms with Gasteiger partial charge in [-0.3, -0.25) is 9.13 Å². The van der Waals surface area contributed by atoms with Crippen LogP contribution in [0.3, 0.4) is 0 Å². The second kappa shape index (κ2) is 8.79. The maximum Gasteiger partial charge on any atom is 0.323 e. The van der Waals surface area contributed by atoms with Gasteiger partial charge in [-0.25, -0.2) is 9.29 Å². The lowest BCUT2D eigenvalue weighted by atomic mass is 10.3. The van der Waals surface area contributed by atoms with E-state index >= 15 is 0 Å². The maximum atomic E-state index is 9.44. The van der Waals surface area contributed by atoms with Crippen LogP contribution < -0.4 is 5.73 Å². The summed E-state index contributed by atoms with van der Waals surface area (Å²) in [5.74, 6) is 0. The first kappa shape index (κ1) is 14.5. The third-order valence-electron chi connectivity index (χ3n) is 1.13. The molecule has 0 spiro atoms. The van der Waals surface area contributed by atoms with Crippen LogP contribution in [0, 0.1) is 0 Å². The van der Waals surface area contributed by atoms with Crippen molar-refractivity contribution in [1.29, 1.82) is 0 Å². The number of hydrogen-bond donors (Lipinski definition) is 4. The van der Waals surface area contributed by atoms with E-state index in [2.05, 4.69) is 14.3 Å². The average molecular weight is 257 g/mol. The summed E-state index contributed by atoms with van der Waals surface area (Å²) in [6.07, 6.45) is 4.38. The molecule has 0 aliphatic rings. The molecule has 2 atom stereocenters. The lowest BCUT2D eigenvalue weighted by Gasteiger charge is -1.86. The fourth-order valence-electron chi connectivity index (χ4n) is 0.650. The van der Waals surface area contributed by atoms with Gasteiger partial charge in [0.15, 0.2) is 0 Å². The van der Waals surface area contributed by atoms with Gasteiger partial charge < -0.3 is 20.5 Å². The first-order chi connectivity index (χ1) is 7.06. The number of aromatic nitrogens is 2. The number of nitrogens with two attached hydrogens (primary N) is 1. The number of H-pyrrole nitrogens is 1. The van der Waals surface area contributed by atoms with E-state index in [0.717, 1.165) is 12.1 Å². The molecule has 0 radical (unpaired) electrons. The third kappa shape index (κ3) is 9.81. The van der Waals surface area contributed by atoms with Crippen LogP contribution in [0.4, 0.5) is 0 Å². The van der Waals surface area contributed by atoms with Crippen molar-refractivity contribution in [1.82, 2.24) is 9.97 Å². The van der Waals surface area contributed by atoms with Gasteiger partial charge in [-0.1, -0.05) is 0 Å². The predicted molar refractivity (Wildman–Crippen MR) is 54.9 cm³/mol. The van der Waals surface area contributed by atoms with Crippen molar-refractivity contribution in [2.45, 2.75) is 6.42 Å². The summed E-state index contributed by atoms with van der Waals surface area (Å²) < 4.78 is 22.3. The Morgan fingerprint density at radius 3 is 2.33 bits per heavy atom. The van der Waals surface area contributed by atoms with Crippen molar-refractivity contribution < 1.29 is 23.2 Å². The predicted octanol–water partition coefficient (Wildman–Crippen LogP) is -0.322. The summed E-state index contributed by atoms with van der Waals surface area (Å²) in [6.45, 7) is 0.671. The molecule has 2 unspecified atom stereocenters. The standard InChI is InChI=1S/C5H9N3.H4O5P2/c6-2-1-5-3-7-4-8-5;1-6(2)5-7(3)4/h3-4H,1-2,6H2,(H,7,8);6-7H,(H,1,2)(H,3,4). The van der Waals surface area contributed by atoms with E-state index in [1.54, 1.807) is 6.33 Å². The van der Waals surface area contributed by atoms with Crippen LogP contribution in [0.2, 0.25) is 0 Å². The van der Waals surface area contributed by atoms with Gasteiger partial charge in [-0.2, -0.15) is 0 Å². The molecule has 1 heterocycles. The Balaban J connectivity index is 0.000000265. The third-order valence-corrected chi connectivity index (χ3v) is 2.53. The van der Waals surface area contributed by atoms with E-state index in [-0.39, 0.29) is 0 Å². The van der Waals surface area contributed by atoms with Crippen LogP contribution >= 0.6 is 16.5 Å². The van der Waals surface area contributed by atoms with Gasteiger partial charge in [0.2, 0.25) is 0 Å². The largest absolute Gasteiger partial charge is 0.351 e. The molecule has 0 fully saturated rings. The van der Waals surface area contributed by atoms with Crippen LogP contribution in [0.1, 0.15) is 5.69 Å². The Morgan fingerprint density at radius 1 is 1.47 bits per heavy atom. The van der Waals surface area contributed by atoms with Crippen molar-refractivity contribution >= 4 is 16.5 Å². The van der Waals surface area contributed by atoms with Crippen LogP contribution in [-0.4, -0.2) is 26.3 Å². The maximum absolute atomic E-state index is 9.44. The van der Waals surface area contributed by atoms with Crippen molar-refractivity contribution in [3.05, 3.63) is 18.2 Å². The zero-order valence-corrected chi connectivity index (χ0v) is 9.71. The molecular weight excluding hydrogens is 244 g/mol. The van der Waals surface area contributed by atoms with Crippen LogP contribution in [0.5, 0.6) is 0 Å². The minimum atomic E-state index is -3.20. The number of hydrogen-bond acceptors (Lipinski definition) is 5. The minimum Gasteiger partial charge on any atom is -0.351 e. The zero-order chi connectivity index (χ0) is 11.7. The number of rotatable bonds is 4. The molecule has 0 amide bonds. The van der Waals surface area contributed by atoms with E-state index in [9.17, 15) is 9.13 Å². The molecule has 88 valence electrons. The van der Waals surface area contributed by atoms with Gasteiger partial charge in [0.25, 0.3) is 0 Å². The normalized spacial score (nSPS) is 13.8. The monoisotopic (exact) mass is 257 g/mol. The van der Waals surface area contributed by atoms with Crippen molar-refractivity contribution in [2.75, 3.05) is 6.54 Å². The molecule has 0 aliphatic heterocycles. The molecule has 1 rings (SSSR count). The van der Waals surface area contributed by atoms with Gasteiger partial charge in [0.1, 0.15) is 0 Å². The average Bonchev–Trinajstić information content (AvgIpc) is 2.55. The molecule has 0 aliphatic carbocycles. The molecule has 0 bridgehead atoms. The molecule has 10 heteroatoms. The molecule has 0 saturated carbocycles. The van der Waals surface area contributed by atoms with E-state index in [1.807, 2.05) is 6.20 Å². The molecule has 0 aromatic carbocycles. The molecule has 8 nitrogen and oxygen atoms in total. The Kier molecular flexibility index (Phi) is 8.50. The van der Waals surface area contributed by atoms with E-state index < -0.39 is 16.5 Å². The number of aromatic amines is 1. The first-order valence-electron chi connectivity index (χ1n) is 3.87. The summed E-state index contributed by atoms with van der Waals surface area (Å²) in [7, 11) is -6.40. The first-order valence-corrected chi connectivity index (χ1v) is 6.40. The summed E-state index contributed by atoms with van der Waals surface area (Å²) in [5, 5.41) is 0. The number of nitrogens with zero attached hydrogens (tertiary/aromatic N) is 1. The molecule has 5 N–H and O–H groups in total. The molecular formula is C5H13N3O5P2. The minimum absolute atomic E-state index is 0.671. The molecule has 1 aromatic rings. The van der Waals surface area contributed by atoms with Gasteiger partial charge in [0.05, 0.1) is 12.0 Å². The number of imidazole rings is 1. The highest BCUT2D eigenvalue weighted by Gasteiger charge is 1.93. The quantitative estimate of drug-likeness (QED) is 0.542. The topological polar surface area (TPSA) is 139 Å². The second-order valence-corrected chi connectivity index (χ2v) is 4.11. The van der Waals surface area contributed by atoms with Gasteiger partial charge in [0, 0.05) is 12.6 Å². The van der Waals surface area contributed by atoms with Gasteiger partial charge in [-0.05, 0) is 6.54 Å². The van der Waals surface area contributed by atoms with E-state index in [1.165, 1.54) is 0 Å². The van der Waals surface area contributed by atoms with E-state index in [4.69, 9.17) is 15.5 Å². The van der Waals surface area contributed by atoms with Gasteiger partial charge >= 0.3 is 16.5 Å². The Hall–Kier alpha value is -0.490. The zero-order valence-electron chi connectivity index (χ0n) is 7.71. The van der Waals surface area contributed by atoms with Crippen LogP contribution in [0.15, 0.2) is 12.5 Å². The van der Waals surface area contributed by atoms with E-state index in [0.29, 0.717) is 6.54 Å².